The fourth-order valence-electron chi connectivity index (χ4n) is 2.48. The SMILES string of the molecule is CCOC(=O)COc1c(Cl)cc(/C=C2/N=C(c3ccco3)OC2=O)cc1OCC. The van der Waals surface area contributed by atoms with Gasteiger partial charge >= 0.3 is 11.9 Å². The number of carbonyl (C=O) groups is 2. The smallest absolute Gasteiger partial charge is 0.363 e. The van der Waals surface area contributed by atoms with Crippen molar-refractivity contribution in [3.8, 4) is 11.5 Å². The van der Waals surface area contributed by atoms with Gasteiger partial charge in [-0.3, -0.25) is 0 Å². The van der Waals surface area contributed by atoms with Crippen LogP contribution in [0.25, 0.3) is 6.08 Å². The molecule has 0 N–H and O–H groups in total. The van der Waals surface area contributed by atoms with Crippen LogP contribution in [0.2, 0.25) is 5.02 Å². The lowest BCUT2D eigenvalue weighted by atomic mass is 10.1. The van der Waals surface area contributed by atoms with E-state index in [1.165, 1.54) is 12.3 Å². The van der Waals surface area contributed by atoms with E-state index in [4.69, 9.17) is 35.0 Å². The first-order chi connectivity index (χ1) is 14.0. The number of furan rings is 1. The molecule has 2 heterocycles. The van der Waals surface area contributed by atoms with Gasteiger partial charge in [0, 0.05) is 0 Å². The van der Waals surface area contributed by atoms with Crippen LogP contribution in [0.1, 0.15) is 25.2 Å². The topological polar surface area (TPSA) is 96.6 Å². The third-order valence-corrected chi connectivity index (χ3v) is 3.91. The van der Waals surface area contributed by atoms with Crippen molar-refractivity contribution in [2.75, 3.05) is 19.8 Å². The van der Waals surface area contributed by atoms with Crippen LogP contribution in [0.15, 0.2) is 45.6 Å². The van der Waals surface area contributed by atoms with Gasteiger partial charge in [0.25, 0.3) is 5.90 Å². The van der Waals surface area contributed by atoms with E-state index in [-0.39, 0.29) is 35.6 Å². The minimum atomic E-state index is -0.617. The van der Waals surface area contributed by atoms with E-state index in [1.54, 1.807) is 38.1 Å². The van der Waals surface area contributed by atoms with Gasteiger partial charge in [0.15, 0.2) is 29.6 Å². The Morgan fingerprint density at radius 2 is 2.07 bits per heavy atom. The van der Waals surface area contributed by atoms with Gasteiger partial charge in [-0.25, -0.2) is 14.6 Å². The van der Waals surface area contributed by atoms with Crippen molar-refractivity contribution in [3.63, 3.8) is 0 Å². The van der Waals surface area contributed by atoms with Gasteiger partial charge in [-0.15, -0.1) is 0 Å². The maximum Gasteiger partial charge on any atom is 0.363 e. The quantitative estimate of drug-likeness (QED) is 0.476. The van der Waals surface area contributed by atoms with Crippen molar-refractivity contribution in [2.45, 2.75) is 13.8 Å². The van der Waals surface area contributed by atoms with E-state index >= 15 is 0 Å². The van der Waals surface area contributed by atoms with E-state index < -0.39 is 11.9 Å². The molecule has 1 aliphatic heterocycles. The van der Waals surface area contributed by atoms with Gasteiger partial charge in [0.2, 0.25) is 0 Å². The molecule has 0 spiro atoms. The van der Waals surface area contributed by atoms with Crippen LogP contribution >= 0.6 is 11.6 Å². The van der Waals surface area contributed by atoms with Gasteiger partial charge in [0.1, 0.15) is 0 Å². The molecule has 0 saturated heterocycles. The molecule has 3 rings (SSSR count). The molecule has 152 valence electrons. The summed E-state index contributed by atoms with van der Waals surface area (Å²) in [5, 5.41) is 0.203. The van der Waals surface area contributed by atoms with Crippen molar-refractivity contribution in [2.24, 2.45) is 4.99 Å². The van der Waals surface area contributed by atoms with E-state index in [0.29, 0.717) is 23.7 Å². The number of carbonyl (C=O) groups excluding carboxylic acids is 2. The number of esters is 2. The van der Waals surface area contributed by atoms with Gasteiger partial charge in [-0.1, -0.05) is 11.6 Å². The molecule has 0 bridgehead atoms. The lowest BCUT2D eigenvalue weighted by Crippen LogP contribution is -2.15. The Bertz CT molecular complexity index is 963. The zero-order chi connectivity index (χ0) is 20.8. The summed E-state index contributed by atoms with van der Waals surface area (Å²) in [6.07, 6.45) is 2.96. The van der Waals surface area contributed by atoms with Crippen molar-refractivity contribution in [1.82, 2.24) is 0 Å². The van der Waals surface area contributed by atoms with Gasteiger partial charge < -0.3 is 23.4 Å². The largest absolute Gasteiger partial charge is 0.490 e. The highest BCUT2D eigenvalue weighted by Crippen LogP contribution is 2.37. The highest BCUT2D eigenvalue weighted by molar-refractivity contribution is 6.32. The Balaban J connectivity index is 1.87. The number of rotatable bonds is 8. The van der Waals surface area contributed by atoms with Crippen LogP contribution in [0.5, 0.6) is 11.5 Å². The monoisotopic (exact) mass is 419 g/mol. The molecule has 9 heteroatoms. The maximum absolute atomic E-state index is 12.1. The number of aliphatic imine (C=N–C) groups is 1. The Kier molecular flexibility index (Phi) is 6.56. The lowest BCUT2D eigenvalue weighted by Gasteiger charge is -2.14. The molecule has 0 fully saturated rings. The molecule has 1 aromatic heterocycles. The number of nitrogens with zero attached hydrogens (tertiary/aromatic N) is 1. The fourth-order valence-corrected chi connectivity index (χ4v) is 2.75. The second kappa shape index (κ2) is 9.29. The van der Waals surface area contributed by atoms with E-state index in [0.717, 1.165) is 0 Å². The highest BCUT2D eigenvalue weighted by Gasteiger charge is 2.26. The van der Waals surface area contributed by atoms with Crippen molar-refractivity contribution in [1.29, 1.82) is 0 Å². The predicted octanol–water partition coefficient (Wildman–Crippen LogP) is 3.62. The molecule has 2 aromatic rings. The van der Waals surface area contributed by atoms with Crippen LogP contribution in [-0.2, 0) is 19.1 Å². The summed E-state index contributed by atoms with van der Waals surface area (Å²) in [5.41, 5.74) is 0.619. The minimum Gasteiger partial charge on any atom is -0.490 e. The van der Waals surface area contributed by atoms with Gasteiger partial charge in [-0.05, 0) is 49.8 Å². The zero-order valence-corrected chi connectivity index (χ0v) is 16.5. The molecule has 0 amide bonds. The van der Waals surface area contributed by atoms with E-state index in [1.807, 2.05) is 0 Å². The Morgan fingerprint density at radius 3 is 2.76 bits per heavy atom. The van der Waals surface area contributed by atoms with Crippen LogP contribution < -0.4 is 9.47 Å². The summed E-state index contributed by atoms with van der Waals surface area (Å²) in [6, 6.07) is 6.48. The molecule has 1 aliphatic rings. The molecule has 0 saturated carbocycles. The van der Waals surface area contributed by atoms with E-state index in [2.05, 4.69) is 4.99 Å². The zero-order valence-electron chi connectivity index (χ0n) is 15.8. The summed E-state index contributed by atoms with van der Waals surface area (Å²) in [4.78, 5) is 27.8. The lowest BCUT2D eigenvalue weighted by molar-refractivity contribution is -0.145. The van der Waals surface area contributed by atoms with Gasteiger partial charge in [0.05, 0.1) is 24.5 Å². The second-order valence-corrected chi connectivity index (χ2v) is 6.08. The third kappa shape index (κ3) is 4.97. The summed E-state index contributed by atoms with van der Waals surface area (Å²) in [5.74, 6) is -0.191. The number of hydrogen-bond donors (Lipinski definition) is 0. The summed E-state index contributed by atoms with van der Waals surface area (Å²) < 4.78 is 26.2. The average molecular weight is 420 g/mol. The maximum atomic E-state index is 12.1. The second-order valence-electron chi connectivity index (χ2n) is 5.67. The first-order valence-corrected chi connectivity index (χ1v) is 9.20. The molecule has 0 aliphatic carbocycles. The van der Waals surface area contributed by atoms with Gasteiger partial charge in [-0.2, -0.15) is 0 Å². The summed E-state index contributed by atoms with van der Waals surface area (Å²) in [6.45, 7) is 3.78. The molecule has 29 heavy (non-hydrogen) atoms. The standard InChI is InChI=1S/C20H18ClNO7/c1-3-25-16-10-12(8-13(21)18(16)28-11-17(23)26-4-2)9-14-20(24)29-19(22-14)15-6-5-7-27-15/h5-10H,3-4,11H2,1-2H3/b14-9+. The molecule has 0 atom stereocenters. The number of benzene rings is 1. The number of hydrogen-bond acceptors (Lipinski definition) is 8. The van der Waals surface area contributed by atoms with Crippen molar-refractivity contribution < 1.29 is 33.0 Å². The third-order valence-electron chi connectivity index (χ3n) is 3.63. The molecule has 1 aromatic carbocycles. The fraction of sp³-hybridized carbons (Fsp3) is 0.250. The van der Waals surface area contributed by atoms with Crippen LogP contribution in [0.4, 0.5) is 0 Å². The average Bonchev–Trinajstić information content (AvgIpc) is 3.32. The van der Waals surface area contributed by atoms with E-state index in [9.17, 15) is 9.59 Å². The summed E-state index contributed by atoms with van der Waals surface area (Å²) >= 11 is 6.31. The normalized spacial score (nSPS) is 14.5. The van der Waals surface area contributed by atoms with Crippen molar-refractivity contribution in [3.05, 3.63) is 52.6 Å². The van der Waals surface area contributed by atoms with Crippen LogP contribution in [0.3, 0.4) is 0 Å². The highest BCUT2D eigenvalue weighted by atomic mass is 35.5. The summed E-state index contributed by atoms with van der Waals surface area (Å²) in [7, 11) is 0. The molecule has 8 nitrogen and oxygen atoms in total. The molecular weight excluding hydrogens is 402 g/mol. The predicted molar refractivity (Wildman–Crippen MR) is 104 cm³/mol. The molecular formula is C20H18ClNO7. The Morgan fingerprint density at radius 1 is 1.24 bits per heavy atom. The number of cyclic esters (lactones) is 1. The number of ether oxygens (including phenoxy) is 4. The van der Waals surface area contributed by atoms with Crippen LogP contribution in [0, 0.1) is 0 Å². The van der Waals surface area contributed by atoms with Crippen LogP contribution in [-0.4, -0.2) is 37.7 Å². The Labute approximate surface area is 171 Å². The Hall–Kier alpha value is -3.26. The first kappa shape index (κ1) is 20.5. The van der Waals surface area contributed by atoms with Crippen molar-refractivity contribution >= 4 is 35.5 Å². The minimum absolute atomic E-state index is 0.0788. The molecule has 0 unspecified atom stereocenters. The number of halogens is 1. The first-order valence-electron chi connectivity index (χ1n) is 8.83. The molecule has 0 radical (unpaired) electrons.